The number of hydrogen-bond acceptors (Lipinski definition) is 6. The molecular weight excluding hydrogens is 546 g/mol. The monoisotopic (exact) mass is 597 g/mol. The van der Waals surface area contributed by atoms with Crippen LogP contribution in [0.5, 0.6) is 0 Å². The Balaban J connectivity index is 1.35. The van der Waals surface area contributed by atoms with Gasteiger partial charge in [0.05, 0.1) is 5.71 Å². The minimum absolute atomic E-state index is 0.0821. The van der Waals surface area contributed by atoms with Crippen molar-refractivity contribution in [3.05, 3.63) is 11.6 Å². The first-order valence-corrected chi connectivity index (χ1v) is 16.1. The van der Waals surface area contributed by atoms with Gasteiger partial charge in [-0.2, -0.15) is 0 Å². The van der Waals surface area contributed by atoms with Gasteiger partial charge in [0, 0.05) is 5.41 Å². The smallest absolute Gasteiger partial charge is 0.326 e. The molecule has 4 aliphatic rings. The van der Waals surface area contributed by atoms with Crippen LogP contribution in [0.3, 0.4) is 0 Å². The van der Waals surface area contributed by atoms with Crippen molar-refractivity contribution in [1.29, 1.82) is 0 Å². The summed E-state index contributed by atoms with van der Waals surface area (Å²) in [6.45, 7) is 11.6. The third kappa shape index (κ3) is 6.36. The maximum absolute atomic E-state index is 12.8. The first kappa shape index (κ1) is 33.0. The maximum atomic E-state index is 12.8. The number of nitrogens with one attached hydrogen (secondary N) is 2. The topological polar surface area (TPSA) is 137 Å². The van der Waals surface area contributed by atoms with Crippen LogP contribution in [0.15, 0.2) is 16.8 Å². The van der Waals surface area contributed by atoms with Crippen molar-refractivity contribution in [3.8, 4) is 12.3 Å². The van der Waals surface area contributed by atoms with Crippen LogP contribution in [0.2, 0.25) is 0 Å². The average Bonchev–Trinajstić information content (AvgIpc) is 3.21. The molecule has 9 nitrogen and oxygen atoms in total. The summed E-state index contributed by atoms with van der Waals surface area (Å²) in [7, 11) is 0. The van der Waals surface area contributed by atoms with E-state index in [1.165, 1.54) is 5.57 Å². The van der Waals surface area contributed by atoms with Crippen LogP contribution >= 0.6 is 0 Å². The number of aliphatic carboxylic acids is 1. The summed E-state index contributed by atoms with van der Waals surface area (Å²) < 4.78 is 0. The quantitative estimate of drug-likeness (QED) is 0.217. The average molecular weight is 598 g/mol. The van der Waals surface area contributed by atoms with Gasteiger partial charge in [-0.15, -0.1) is 6.42 Å². The van der Waals surface area contributed by atoms with Crippen LogP contribution in [0, 0.1) is 52.8 Å². The van der Waals surface area contributed by atoms with Crippen molar-refractivity contribution in [2.75, 3.05) is 6.61 Å². The molecule has 0 bridgehead atoms. The van der Waals surface area contributed by atoms with Gasteiger partial charge in [-0.25, -0.2) is 4.79 Å². The van der Waals surface area contributed by atoms with Crippen LogP contribution < -0.4 is 10.6 Å². The number of carboxylic acids is 1. The van der Waals surface area contributed by atoms with E-state index in [0.29, 0.717) is 30.6 Å². The van der Waals surface area contributed by atoms with Crippen molar-refractivity contribution in [2.45, 2.75) is 117 Å². The number of carbonyl (C=O) groups excluding carboxylic acids is 2. The Kier molecular flexibility index (Phi) is 9.71. The zero-order valence-electron chi connectivity index (χ0n) is 26.7. The van der Waals surface area contributed by atoms with Gasteiger partial charge in [0.15, 0.2) is 6.61 Å². The van der Waals surface area contributed by atoms with E-state index in [4.69, 9.17) is 11.3 Å². The fourth-order valence-electron chi connectivity index (χ4n) is 8.77. The largest absolute Gasteiger partial charge is 0.480 e. The lowest BCUT2D eigenvalue weighted by Gasteiger charge is -2.58. The highest BCUT2D eigenvalue weighted by Crippen LogP contribution is 2.67. The van der Waals surface area contributed by atoms with E-state index >= 15 is 0 Å². The minimum Gasteiger partial charge on any atom is -0.480 e. The molecule has 4 rings (SSSR count). The summed E-state index contributed by atoms with van der Waals surface area (Å²) in [5.41, 5.74) is 1.09. The summed E-state index contributed by atoms with van der Waals surface area (Å²) in [6, 6.07) is -1.91. The Hall–Kier alpha value is -2.86. The van der Waals surface area contributed by atoms with Crippen LogP contribution in [-0.2, 0) is 19.2 Å². The first-order valence-electron chi connectivity index (χ1n) is 16.1. The number of terminal acetylenes is 1. The summed E-state index contributed by atoms with van der Waals surface area (Å²) in [6.07, 6.45) is 15.8. The molecule has 0 saturated heterocycles. The summed E-state index contributed by atoms with van der Waals surface area (Å²) in [5, 5.41) is 30.2. The number of carboxylic acid groups (broad SMARTS) is 1. The molecule has 0 aromatic carbocycles. The lowest BCUT2D eigenvalue weighted by atomic mass is 9.46. The predicted molar refractivity (Wildman–Crippen MR) is 165 cm³/mol. The molecule has 238 valence electrons. The third-order valence-electron chi connectivity index (χ3n) is 11.3. The summed E-state index contributed by atoms with van der Waals surface area (Å²) >= 11 is 0. The lowest BCUT2D eigenvalue weighted by Crippen LogP contribution is -2.54. The van der Waals surface area contributed by atoms with Crippen LogP contribution in [-0.4, -0.2) is 58.0 Å². The molecule has 0 heterocycles. The SMILES string of the molecule is C#C[C@@]1(O)CC[C@H]2[C@@H]3CCC4=C/C(=N\OCC(=O)N[C@@H](C(=O)N[C@H](CC(C)C)C(=O)O)C(C)C)CC[C@]4(C)[C@H]3CC[C@@]21C. The van der Waals surface area contributed by atoms with Gasteiger partial charge >= 0.3 is 5.97 Å². The Morgan fingerprint density at radius 2 is 1.77 bits per heavy atom. The van der Waals surface area contributed by atoms with E-state index in [1.54, 1.807) is 13.8 Å². The van der Waals surface area contributed by atoms with Gasteiger partial charge < -0.3 is 25.7 Å². The summed E-state index contributed by atoms with van der Waals surface area (Å²) in [4.78, 5) is 42.6. The maximum Gasteiger partial charge on any atom is 0.326 e. The molecule has 0 aliphatic heterocycles. The van der Waals surface area contributed by atoms with E-state index in [-0.39, 0.29) is 29.3 Å². The predicted octanol–water partition coefficient (Wildman–Crippen LogP) is 4.44. The fourth-order valence-corrected chi connectivity index (χ4v) is 8.77. The van der Waals surface area contributed by atoms with E-state index in [0.717, 1.165) is 50.7 Å². The molecule has 8 atom stereocenters. The lowest BCUT2D eigenvalue weighted by molar-refractivity contribution is -0.143. The van der Waals surface area contributed by atoms with Crippen LogP contribution in [0.25, 0.3) is 0 Å². The van der Waals surface area contributed by atoms with Crippen molar-refractivity contribution < 1.29 is 29.4 Å². The number of hydrogen-bond donors (Lipinski definition) is 4. The number of allylic oxidation sites excluding steroid dienone is 2. The molecular formula is C34H51N3O6. The molecule has 0 aromatic rings. The van der Waals surface area contributed by atoms with E-state index in [9.17, 15) is 24.6 Å². The standard InChI is InChI=1S/C34H51N3O6/c1-8-34(42)16-13-26-24-10-9-22-18-23(11-14-32(22,6)25(24)12-15-33(26,34)7)37-43-19-28(38)36-29(21(4)5)30(39)35-27(31(40)41)17-20(2)3/h1,18,20-21,24-27,29,42H,9-17,19H2,2-7H3,(H,35,39)(H,36,38)(H,40,41)/b37-23-/t24-,25+,26+,27-,29-,32+,33+,34-/m1/s1. The normalized spacial score (nSPS) is 35.6. The number of fused-ring (bicyclic) bond motifs is 5. The Labute approximate surface area is 256 Å². The molecule has 4 N–H and O–H groups in total. The van der Waals surface area contributed by atoms with Crippen molar-refractivity contribution >= 4 is 23.5 Å². The molecule has 0 spiro atoms. The number of aliphatic hydroxyl groups is 1. The zero-order chi connectivity index (χ0) is 31.7. The molecule has 0 radical (unpaired) electrons. The fraction of sp³-hybridized carbons (Fsp3) is 0.765. The number of nitrogens with zero attached hydrogens (tertiary/aromatic N) is 1. The number of carbonyl (C=O) groups is 3. The molecule has 3 fully saturated rings. The number of amides is 2. The van der Waals surface area contributed by atoms with E-state index in [1.807, 2.05) is 13.8 Å². The van der Waals surface area contributed by atoms with E-state index < -0.39 is 35.5 Å². The second-order valence-electron chi connectivity index (χ2n) is 14.7. The highest BCUT2D eigenvalue weighted by Gasteiger charge is 2.63. The zero-order valence-corrected chi connectivity index (χ0v) is 26.7. The van der Waals surface area contributed by atoms with Gasteiger partial charge in [-0.05, 0) is 98.9 Å². The van der Waals surface area contributed by atoms with Gasteiger partial charge in [0.2, 0.25) is 5.91 Å². The number of rotatable bonds is 10. The Morgan fingerprint density at radius 1 is 1.07 bits per heavy atom. The van der Waals surface area contributed by atoms with Crippen molar-refractivity contribution in [3.63, 3.8) is 0 Å². The second kappa shape index (κ2) is 12.6. The number of oxime groups is 1. The van der Waals surface area contributed by atoms with Crippen molar-refractivity contribution in [2.24, 2.45) is 45.6 Å². The van der Waals surface area contributed by atoms with Gasteiger partial charge in [0.25, 0.3) is 5.91 Å². The second-order valence-corrected chi connectivity index (χ2v) is 14.7. The van der Waals surface area contributed by atoms with Gasteiger partial charge in [-0.1, -0.05) is 58.2 Å². The Morgan fingerprint density at radius 3 is 2.40 bits per heavy atom. The molecule has 43 heavy (non-hydrogen) atoms. The molecule has 9 heteroatoms. The Bertz CT molecular complexity index is 1200. The minimum atomic E-state index is -1.10. The van der Waals surface area contributed by atoms with Crippen LogP contribution in [0.4, 0.5) is 0 Å². The van der Waals surface area contributed by atoms with Crippen LogP contribution in [0.1, 0.15) is 99.3 Å². The molecule has 2 amide bonds. The molecule has 4 aliphatic carbocycles. The van der Waals surface area contributed by atoms with Gasteiger partial charge in [0.1, 0.15) is 17.7 Å². The summed E-state index contributed by atoms with van der Waals surface area (Å²) in [5.74, 6) is 2.04. The molecule has 0 aromatic heterocycles. The highest BCUT2D eigenvalue weighted by molar-refractivity contribution is 5.96. The third-order valence-corrected chi connectivity index (χ3v) is 11.3. The highest BCUT2D eigenvalue weighted by atomic mass is 16.6. The van der Waals surface area contributed by atoms with E-state index in [2.05, 4.69) is 41.6 Å². The molecule has 3 saturated carbocycles. The van der Waals surface area contributed by atoms with Crippen molar-refractivity contribution in [1.82, 2.24) is 10.6 Å². The first-order chi connectivity index (χ1) is 20.1. The van der Waals surface area contributed by atoms with Gasteiger partial charge in [-0.3, -0.25) is 9.59 Å². The molecule has 0 unspecified atom stereocenters.